The first kappa shape index (κ1) is 16.9. The van der Waals surface area contributed by atoms with Gasteiger partial charge in [-0.1, -0.05) is 24.3 Å². The van der Waals surface area contributed by atoms with Crippen molar-refractivity contribution in [1.82, 2.24) is 24.6 Å². The van der Waals surface area contributed by atoms with Gasteiger partial charge in [0.2, 0.25) is 0 Å². The van der Waals surface area contributed by atoms with E-state index in [1.807, 2.05) is 16.9 Å². The number of hydrogen-bond donors (Lipinski definition) is 1. The number of benzene rings is 1. The fourth-order valence-electron chi connectivity index (χ4n) is 3.65. The lowest BCUT2D eigenvalue weighted by molar-refractivity contribution is 0.140. The lowest BCUT2D eigenvalue weighted by atomic mass is 10.0. The van der Waals surface area contributed by atoms with E-state index in [1.54, 1.807) is 24.8 Å². The Hall–Kier alpha value is -2.57. The third kappa shape index (κ3) is 3.98. The van der Waals surface area contributed by atoms with E-state index in [1.165, 1.54) is 11.1 Å². The maximum Gasteiger partial charge on any atom is 0.0711 e. The molecule has 1 aliphatic rings. The largest absolute Gasteiger partial charge is 0.391 e. The summed E-state index contributed by atoms with van der Waals surface area (Å²) in [6.45, 7) is 3.17. The summed E-state index contributed by atoms with van der Waals surface area (Å²) in [5, 5.41) is 14.8. The number of rotatable bonds is 6. The number of aliphatic hydroxyl groups excluding tert-OH is 1. The molecule has 1 N–H and O–H groups in total. The van der Waals surface area contributed by atoms with Crippen LogP contribution in [0.2, 0.25) is 0 Å². The van der Waals surface area contributed by atoms with Gasteiger partial charge >= 0.3 is 0 Å². The fourth-order valence-corrected chi connectivity index (χ4v) is 3.65. The number of aliphatic hydroxyl groups is 1. The van der Waals surface area contributed by atoms with Gasteiger partial charge in [-0.05, 0) is 23.6 Å². The van der Waals surface area contributed by atoms with Gasteiger partial charge in [0, 0.05) is 56.5 Å². The van der Waals surface area contributed by atoms with Gasteiger partial charge in [-0.15, -0.1) is 0 Å². The van der Waals surface area contributed by atoms with E-state index in [4.69, 9.17) is 0 Å². The standard InChI is InChI=1S/C20H23N5O/c26-20-15-24(13-18(20)10-19-11-21-7-8-22-19)12-16-4-1-2-5-17(16)14-25-9-3-6-23-25/h1-9,11,18,20,26H,10,12-15H2/t18-,20-/m1/s1. The molecular formula is C20H23N5O. The van der Waals surface area contributed by atoms with Crippen LogP contribution in [0.15, 0.2) is 61.3 Å². The molecule has 4 rings (SSSR count). The second-order valence-electron chi connectivity index (χ2n) is 6.89. The van der Waals surface area contributed by atoms with Gasteiger partial charge in [0.05, 0.1) is 18.3 Å². The van der Waals surface area contributed by atoms with Crippen LogP contribution in [-0.4, -0.2) is 48.9 Å². The predicted molar refractivity (Wildman–Crippen MR) is 98.3 cm³/mol. The zero-order valence-electron chi connectivity index (χ0n) is 14.6. The zero-order valence-corrected chi connectivity index (χ0v) is 14.6. The first-order valence-corrected chi connectivity index (χ1v) is 8.97. The number of likely N-dealkylation sites (tertiary alicyclic amines) is 1. The van der Waals surface area contributed by atoms with Crippen molar-refractivity contribution in [3.05, 3.63) is 78.1 Å². The summed E-state index contributed by atoms with van der Waals surface area (Å²) >= 11 is 0. The molecule has 3 aromatic rings. The van der Waals surface area contributed by atoms with Gasteiger partial charge in [-0.25, -0.2) is 0 Å². The Morgan fingerprint density at radius 2 is 1.85 bits per heavy atom. The summed E-state index contributed by atoms with van der Waals surface area (Å²) < 4.78 is 1.94. The van der Waals surface area contributed by atoms with Gasteiger partial charge < -0.3 is 5.11 Å². The minimum atomic E-state index is -0.324. The normalized spacial score (nSPS) is 20.5. The predicted octanol–water partition coefficient (Wildman–Crippen LogP) is 1.76. The Labute approximate surface area is 153 Å². The minimum Gasteiger partial charge on any atom is -0.391 e. The molecule has 1 saturated heterocycles. The number of nitrogens with zero attached hydrogens (tertiary/aromatic N) is 5. The molecule has 0 aliphatic carbocycles. The molecule has 1 aliphatic heterocycles. The van der Waals surface area contributed by atoms with Crippen molar-refractivity contribution in [2.24, 2.45) is 5.92 Å². The minimum absolute atomic E-state index is 0.199. The maximum absolute atomic E-state index is 10.5. The molecule has 0 radical (unpaired) electrons. The molecule has 2 aromatic heterocycles. The Balaban J connectivity index is 1.42. The molecule has 0 bridgehead atoms. The summed E-state index contributed by atoms with van der Waals surface area (Å²) in [5.41, 5.74) is 3.50. The topological polar surface area (TPSA) is 67.1 Å². The SMILES string of the molecule is O[C@@H]1CN(Cc2ccccc2Cn2cccn2)C[C@H]1Cc1cnccn1. The Morgan fingerprint density at radius 3 is 2.58 bits per heavy atom. The second-order valence-corrected chi connectivity index (χ2v) is 6.89. The molecule has 6 heteroatoms. The van der Waals surface area contributed by atoms with E-state index in [2.05, 4.69) is 44.2 Å². The van der Waals surface area contributed by atoms with Gasteiger partial charge in [0.25, 0.3) is 0 Å². The molecule has 3 heterocycles. The third-order valence-corrected chi connectivity index (χ3v) is 4.97. The molecule has 0 unspecified atom stereocenters. The molecule has 134 valence electrons. The summed E-state index contributed by atoms with van der Waals surface area (Å²) in [6.07, 6.45) is 9.39. The third-order valence-electron chi connectivity index (χ3n) is 4.97. The average Bonchev–Trinajstić information content (AvgIpc) is 3.28. The van der Waals surface area contributed by atoms with Gasteiger partial charge in [0.15, 0.2) is 0 Å². The monoisotopic (exact) mass is 349 g/mol. The van der Waals surface area contributed by atoms with Crippen molar-refractivity contribution in [2.45, 2.75) is 25.6 Å². The van der Waals surface area contributed by atoms with Gasteiger partial charge in [-0.3, -0.25) is 19.5 Å². The Morgan fingerprint density at radius 1 is 1.00 bits per heavy atom. The highest BCUT2D eigenvalue weighted by Gasteiger charge is 2.31. The summed E-state index contributed by atoms with van der Waals surface area (Å²) in [4.78, 5) is 10.8. The van der Waals surface area contributed by atoms with Gasteiger partial charge in [-0.2, -0.15) is 5.10 Å². The second kappa shape index (κ2) is 7.76. The van der Waals surface area contributed by atoms with Crippen LogP contribution >= 0.6 is 0 Å². The van der Waals surface area contributed by atoms with Crippen LogP contribution in [-0.2, 0) is 19.5 Å². The molecule has 26 heavy (non-hydrogen) atoms. The van der Waals surface area contributed by atoms with Crippen LogP contribution in [0.3, 0.4) is 0 Å². The van der Waals surface area contributed by atoms with Crippen LogP contribution in [0.1, 0.15) is 16.8 Å². The zero-order chi connectivity index (χ0) is 17.8. The van der Waals surface area contributed by atoms with E-state index in [9.17, 15) is 5.11 Å². The van der Waals surface area contributed by atoms with E-state index >= 15 is 0 Å². The quantitative estimate of drug-likeness (QED) is 0.734. The van der Waals surface area contributed by atoms with E-state index in [0.717, 1.165) is 31.7 Å². The van der Waals surface area contributed by atoms with Crippen molar-refractivity contribution >= 4 is 0 Å². The maximum atomic E-state index is 10.5. The van der Waals surface area contributed by atoms with Crippen molar-refractivity contribution in [2.75, 3.05) is 13.1 Å². The fraction of sp³-hybridized carbons (Fsp3) is 0.350. The number of β-amino-alcohol motifs (C(OH)–C–C–N with tert-alkyl or cyclic N) is 1. The molecule has 1 aromatic carbocycles. The highest BCUT2D eigenvalue weighted by Crippen LogP contribution is 2.23. The number of hydrogen-bond acceptors (Lipinski definition) is 5. The van der Waals surface area contributed by atoms with Gasteiger partial charge in [0.1, 0.15) is 0 Å². The molecule has 6 nitrogen and oxygen atoms in total. The van der Waals surface area contributed by atoms with Crippen molar-refractivity contribution in [3.8, 4) is 0 Å². The highest BCUT2D eigenvalue weighted by atomic mass is 16.3. The lowest BCUT2D eigenvalue weighted by Crippen LogP contribution is -2.22. The summed E-state index contributed by atoms with van der Waals surface area (Å²) in [6, 6.07) is 10.4. The smallest absolute Gasteiger partial charge is 0.0711 e. The van der Waals surface area contributed by atoms with E-state index in [-0.39, 0.29) is 12.0 Å². The lowest BCUT2D eigenvalue weighted by Gasteiger charge is -2.18. The van der Waals surface area contributed by atoms with Crippen LogP contribution in [0.4, 0.5) is 0 Å². The van der Waals surface area contributed by atoms with Crippen molar-refractivity contribution in [1.29, 1.82) is 0 Å². The van der Waals surface area contributed by atoms with Crippen molar-refractivity contribution < 1.29 is 5.11 Å². The Bertz CT molecular complexity index is 821. The highest BCUT2D eigenvalue weighted by molar-refractivity contribution is 5.27. The average molecular weight is 349 g/mol. The molecular weight excluding hydrogens is 326 g/mol. The molecule has 0 saturated carbocycles. The van der Waals surface area contributed by atoms with Crippen molar-refractivity contribution in [3.63, 3.8) is 0 Å². The van der Waals surface area contributed by atoms with Crippen LogP contribution in [0.5, 0.6) is 0 Å². The number of aromatic nitrogens is 4. The molecule has 1 fully saturated rings. The molecule has 0 spiro atoms. The van der Waals surface area contributed by atoms with E-state index < -0.39 is 0 Å². The van der Waals surface area contributed by atoms with Crippen LogP contribution < -0.4 is 0 Å². The summed E-state index contributed by atoms with van der Waals surface area (Å²) in [5.74, 6) is 0.199. The molecule has 0 amide bonds. The first-order valence-electron chi connectivity index (χ1n) is 8.97. The first-order chi connectivity index (χ1) is 12.8. The Kier molecular flexibility index (Phi) is 5.04. The van der Waals surface area contributed by atoms with Crippen LogP contribution in [0.25, 0.3) is 0 Å². The van der Waals surface area contributed by atoms with Crippen LogP contribution in [0, 0.1) is 5.92 Å². The van der Waals surface area contributed by atoms with E-state index in [0.29, 0.717) is 6.54 Å². The summed E-state index contributed by atoms with van der Waals surface area (Å²) in [7, 11) is 0. The molecule has 2 atom stereocenters.